The lowest BCUT2D eigenvalue weighted by molar-refractivity contribution is -0.138. The Morgan fingerprint density at radius 3 is 2.71 bits per heavy atom. The molecular weight excluding hydrogens is 281 g/mol. The lowest BCUT2D eigenvalue weighted by atomic mass is 10.0. The molecule has 0 saturated carbocycles. The maximum atomic E-state index is 12.9. The van der Waals surface area contributed by atoms with E-state index in [1.54, 1.807) is 6.07 Å². The molecule has 1 aromatic rings. The van der Waals surface area contributed by atoms with Crippen LogP contribution >= 0.6 is 0 Å². The van der Waals surface area contributed by atoms with Gasteiger partial charge < -0.3 is 15.7 Å². The van der Waals surface area contributed by atoms with Crippen molar-refractivity contribution >= 4 is 5.69 Å². The molecule has 2 rings (SSSR count). The average Bonchev–Trinajstić information content (AvgIpc) is 2.91. The van der Waals surface area contributed by atoms with Crippen molar-refractivity contribution in [1.29, 1.82) is 0 Å². The van der Waals surface area contributed by atoms with E-state index in [1.807, 2.05) is 0 Å². The van der Waals surface area contributed by atoms with Gasteiger partial charge in [0.05, 0.1) is 5.56 Å². The maximum absolute atomic E-state index is 12.9. The summed E-state index contributed by atoms with van der Waals surface area (Å²) in [7, 11) is 0. The summed E-state index contributed by atoms with van der Waals surface area (Å²) < 4.78 is 38.7. The molecule has 1 aliphatic heterocycles. The van der Waals surface area contributed by atoms with Crippen molar-refractivity contribution in [3.63, 3.8) is 0 Å². The maximum Gasteiger partial charge on any atom is 0.416 e. The molecule has 21 heavy (non-hydrogen) atoms. The van der Waals surface area contributed by atoms with Crippen LogP contribution in [0.25, 0.3) is 0 Å². The smallest absolute Gasteiger partial charge is 0.396 e. The highest BCUT2D eigenvalue weighted by Gasteiger charge is 2.33. The molecule has 1 saturated heterocycles. The van der Waals surface area contributed by atoms with Gasteiger partial charge in [-0.25, -0.2) is 0 Å². The van der Waals surface area contributed by atoms with E-state index < -0.39 is 11.7 Å². The molecule has 0 aromatic heterocycles. The molecule has 118 valence electrons. The third-order valence-electron chi connectivity index (χ3n) is 4.02. The molecule has 1 fully saturated rings. The second-order valence-corrected chi connectivity index (χ2v) is 5.40. The Bertz CT molecular complexity index is 476. The molecule has 0 radical (unpaired) electrons. The second kappa shape index (κ2) is 6.66. The molecule has 1 heterocycles. The van der Waals surface area contributed by atoms with Crippen molar-refractivity contribution in [3.05, 3.63) is 29.3 Å². The number of halogens is 3. The number of nitrogens with two attached hydrogens (primary N) is 1. The van der Waals surface area contributed by atoms with Crippen molar-refractivity contribution in [2.45, 2.75) is 44.4 Å². The number of rotatable bonds is 5. The highest BCUT2D eigenvalue weighted by Crippen LogP contribution is 2.35. The number of anilines is 1. The lowest BCUT2D eigenvalue weighted by Crippen LogP contribution is -2.29. The monoisotopic (exact) mass is 302 g/mol. The molecule has 0 amide bonds. The normalized spacial score (nSPS) is 19.3. The number of hydrogen-bond donors (Lipinski definition) is 2. The second-order valence-electron chi connectivity index (χ2n) is 5.40. The van der Waals surface area contributed by atoms with E-state index in [4.69, 9.17) is 10.8 Å². The van der Waals surface area contributed by atoms with Gasteiger partial charge in [0.2, 0.25) is 0 Å². The molecular formula is C15H21F3N2O. The van der Waals surface area contributed by atoms with Crippen LogP contribution in [0, 0.1) is 0 Å². The molecule has 3 N–H and O–H groups in total. The average molecular weight is 302 g/mol. The Morgan fingerprint density at radius 1 is 1.33 bits per heavy atom. The van der Waals surface area contributed by atoms with Crippen molar-refractivity contribution in [2.24, 2.45) is 5.73 Å². The minimum absolute atomic E-state index is 0.127. The summed E-state index contributed by atoms with van der Waals surface area (Å²) in [6.45, 7) is 0.856. The first-order valence-electron chi connectivity index (χ1n) is 7.25. The fourth-order valence-corrected chi connectivity index (χ4v) is 3.01. The predicted molar refractivity (Wildman–Crippen MR) is 76.0 cm³/mol. The fraction of sp³-hybridized carbons (Fsp3) is 0.600. The third-order valence-corrected chi connectivity index (χ3v) is 4.02. The van der Waals surface area contributed by atoms with Crippen LogP contribution in [0.5, 0.6) is 0 Å². The summed E-state index contributed by atoms with van der Waals surface area (Å²) in [5.74, 6) is 0. The van der Waals surface area contributed by atoms with Gasteiger partial charge in [0.1, 0.15) is 0 Å². The number of aliphatic hydroxyl groups is 1. The van der Waals surface area contributed by atoms with Gasteiger partial charge in [-0.15, -0.1) is 0 Å². The molecule has 1 unspecified atom stereocenters. The van der Waals surface area contributed by atoms with E-state index in [2.05, 4.69) is 4.90 Å². The van der Waals surface area contributed by atoms with E-state index >= 15 is 0 Å². The Kier molecular flexibility index (Phi) is 5.11. The van der Waals surface area contributed by atoms with Crippen LogP contribution in [0.2, 0.25) is 0 Å². The SMILES string of the molecule is NCc1cc(N2CCCC2CCCO)ccc1C(F)(F)F. The van der Waals surface area contributed by atoms with Crippen LogP contribution < -0.4 is 10.6 Å². The Hall–Kier alpha value is -1.27. The van der Waals surface area contributed by atoms with Crippen molar-refractivity contribution in [1.82, 2.24) is 0 Å². The highest BCUT2D eigenvalue weighted by molar-refractivity contribution is 5.53. The van der Waals surface area contributed by atoms with Gasteiger partial charge in [-0.3, -0.25) is 0 Å². The Labute approximate surface area is 122 Å². The molecule has 1 aliphatic rings. The topological polar surface area (TPSA) is 49.5 Å². The molecule has 0 aliphatic carbocycles. The van der Waals surface area contributed by atoms with Crippen LogP contribution in [-0.2, 0) is 12.7 Å². The number of nitrogens with zero attached hydrogens (tertiary/aromatic N) is 1. The van der Waals surface area contributed by atoms with E-state index in [-0.39, 0.29) is 18.7 Å². The molecule has 1 aromatic carbocycles. The molecule has 3 nitrogen and oxygen atoms in total. The molecule has 0 spiro atoms. The molecule has 0 bridgehead atoms. The van der Waals surface area contributed by atoms with Crippen LogP contribution in [-0.4, -0.2) is 24.3 Å². The summed E-state index contributed by atoms with van der Waals surface area (Å²) in [4.78, 5) is 2.13. The zero-order valence-corrected chi connectivity index (χ0v) is 11.9. The van der Waals surface area contributed by atoms with Crippen molar-refractivity contribution in [3.8, 4) is 0 Å². The summed E-state index contributed by atoms with van der Waals surface area (Å²) in [5.41, 5.74) is 5.75. The van der Waals surface area contributed by atoms with E-state index in [9.17, 15) is 13.2 Å². The quantitative estimate of drug-likeness (QED) is 0.879. The highest BCUT2D eigenvalue weighted by atomic mass is 19.4. The standard InChI is InChI=1S/C15H21F3N2O/c16-15(17,18)14-6-5-13(9-11(14)10-19)20-7-1-3-12(20)4-2-8-21/h5-6,9,12,21H,1-4,7-8,10,19H2. The van der Waals surface area contributed by atoms with Crippen LogP contribution in [0.4, 0.5) is 18.9 Å². The zero-order valence-electron chi connectivity index (χ0n) is 11.9. The summed E-state index contributed by atoms with van der Waals surface area (Å²) in [6.07, 6.45) is -0.760. The van der Waals surface area contributed by atoms with Gasteiger partial charge in [-0.2, -0.15) is 13.2 Å². The van der Waals surface area contributed by atoms with Gasteiger partial charge in [0.15, 0.2) is 0 Å². The summed E-state index contributed by atoms with van der Waals surface area (Å²) >= 11 is 0. The summed E-state index contributed by atoms with van der Waals surface area (Å²) in [6, 6.07) is 4.50. The number of benzene rings is 1. The van der Waals surface area contributed by atoms with Crippen LogP contribution in [0.1, 0.15) is 36.8 Å². The van der Waals surface area contributed by atoms with Gasteiger partial charge in [-0.05, 0) is 49.4 Å². The zero-order chi connectivity index (χ0) is 15.5. The lowest BCUT2D eigenvalue weighted by Gasteiger charge is -2.28. The summed E-state index contributed by atoms with van der Waals surface area (Å²) in [5, 5.41) is 8.93. The van der Waals surface area contributed by atoms with E-state index in [1.165, 1.54) is 6.07 Å². The van der Waals surface area contributed by atoms with Gasteiger partial charge >= 0.3 is 6.18 Å². The minimum Gasteiger partial charge on any atom is -0.396 e. The van der Waals surface area contributed by atoms with Crippen molar-refractivity contribution < 1.29 is 18.3 Å². The van der Waals surface area contributed by atoms with Gasteiger partial charge in [0.25, 0.3) is 0 Å². The van der Waals surface area contributed by atoms with Crippen LogP contribution in [0.3, 0.4) is 0 Å². The van der Waals surface area contributed by atoms with E-state index in [0.717, 1.165) is 37.6 Å². The molecule has 1 atom stereocenters. The predicted octanol–water partition coefficient (Wildman–Crippen LogP) is 2.91. The Balaban J connectivity index is 2.24. The molecule has 6 heteroatoms. The third kappa shape index (κ3) is 3.68. The van der Waals surface area contributed by atoms with E-state index in [0.29, 0.717) is 12.5 Å². The van der Waals surface area contributed by atoms with Gasteiger partial charge in [-0.1, -0.05) is 0 Å². The van der Waals surface area contributed by atoms with Crippen molar-refractivity contribution in [2.75, 3.05) is 18.1 Å². The minimum atomic E-state index is -4.37. The number of hydrogen-bond acceptors (Lipinski definition) is 3. The fourth-order valence-electron chi connectivity index (χ4n) is 3.01. The first-order chi connectivity index (χ1) is 9.97. The Morgan fingerprint density at radius 2 is 2.10 bits per heavy atom. The first-order valence-corrected chi connectivity index (χ1v) is 7.25. The van der Waals surface area contributed by atoms with Gasteiger partial charge in [0, 0.05) is 31.4 Å². The van der Waals surface area contributed by atoms with Crippen LogP contribution in [0.15, 0.2) is 18.2 Å². The first kappa shape index (κ1) is 16.1. The number of aliphatic hydroxyl groups excluding tert-OH is 1. The number of alkyl halides is 3. The largest absolute Gasteiger partial charge is 0.416 e.